The van der Waals surface area contributed by atoms with Crippen molar-refractivity contribution in [2.75, 3.05) is 14.1 Å². The predicted octanol–water partition coefficient (Wildman–Crippen LogP) is 0.427. The molecular formula is C6H17N3. The van der Waals surface area contributed by atoms with Gasteiger partial charge in [0.25, 0.3) is 0 Å². The molecule has 0 heterocycles. The zero-order chi connectivity index (χ0) is 7.70. The second kappa shape index (κ2) is 10.3. The number of hydrazine groups is 1. The minimum absolute atomic E-state index is 0.766. The third kappa shape index (κ3) is 11.1. The zero-order valence-electron chi connectivity index (χ0n) is 6.71. The van der Waals surface area contributed by atoms with Crippen molar-refractivity contribution in [3.63, 3.8) is 0 Å². The Morgan fingerprint density at radius 3 is 1.78 bits per heavy atom. The van der Waals surface area contributed by atoms with Crippen LogP contribution in [0.5, 0.6) is 0 Å². The van der Waals surface area contributed by atoms with Crippen molar-refractivity contribution < 1.29 is 0 Å². The van der Waals surface area contributed by atoms with E-state index in [9.17, 15) is 0 Å². The topological polar surface area (TPSA) is 36.1 Å². The fourth-order valence-electron chi connectivity index (χ4n) is 0.213. The molecule has 9 heavy (non-hydrogen) atoms. The lowest BCUT2D eigenvalue weighted by atomic mass is 10.8. The molecule has 3 heteroatoms. The van der Waals surface area contributed by atoms with Gasteiger partial charge in [-0.15, -0.1) is 0 Å². The molecule has 0 aliphatic rings. The van der Waals surface area contributed by atoms with Crippen LogP contribution in [0.3, 0.4) is 0 Å². The van der Waals surface area contributed by atoms with Gasteiger partial charge in [-0.25, -0.2) is 5.43 Å². The van der Waals surface area contributed by atoms with Gasteiger partial charge in [-0.1, -0.05) is 20.4 Å². The molecule has 0 unspecified atom stereocenters. The standard InChI is InChI=1S/C4H11N3.C2H6/c1-4(5-2)7-6-3;1-2/h5-7H,1H2,2-3H3;1-2H3. The first-order chi connectivity index (χ1) is 4.31. The predicted molar refractivity (Wildman–Crippen MR) is 41.7 cm³/mol. The maximum atomic E-state index is 3.58. The molecular weight excluding hydrogens is 114 g/mol. The summed E-state index contributed by atoms with van der Waals surface area (Å²) in [6.07, 6.45) is 0. The number of rotatable bonds is 3. The normalized spacial score (nSPS) is 6.67. The summed E-state index contributed by atoms with van der Waals surface area (Å²) < 4.78 is 0. The van der Waals surface area contributed by atoms with Gasteiger partial charge in [-0.3, -0.25) is 0 Å². The van der Waals surface area contributed by atoms with Crippen molar-refractivity contribution in [1.82, 2.24) is 16.2 Å². The molecule has 0 saturated carbocycles. The Morgan fingerprint density at radius 2 is 1.67 bits per heavy atom. The Kier molecular flexibility index (Phi) is 12.8. The molecule has 3 nitrogen and oxygen atoms in total. The maximum absolute atomic E-state index is 3.58. The first kappa shape index (κ1) is 11.1. The van der Waals surface area contributed by atoms with Gasteiger partial charge < -0.3 is 10.7 Å². The molecule has 0 aromatic carbocycles. The maximum Gasteiger partial charge on any atom is 0.105 e. The quantitative estimate of drug-likeness (QED) is 0.486. The van der Waals surface area contributed by atoms with Gasteiger partial charge in [0, 0.05) is 14.1 Å². The van der Waals surface area contributed by atoms with E-state index in [4.69, 9.17) is 0 Å². The summed E-state index contributed by atoms with van der Waals surface area (Å²) in [6.45, 7) is 7.58. The van der Waals surface area contributed by atoms with Crippen LogP contribution >= 0.6 is 0 Å². The molecule has 0 rings (SSSR count). The van der Waals surface area contributed by atoms with E-state index in [1.54, 1.807) is 14.1 Å². The van der Waals surface area contributed by atoms with Crippen molar-refractivity contribution >= 4 is 0 Å². The molecule has 0 aromatic heterocycles. The highest BCUT2D eigenvalue weighted by molar-refractivity contribution is 4.82. The largest absolute Gasteiger partial charge is 0.374 e. The van der Waals surface area contributed by atoms with Crippen LogP contribution in [0.4, 0.5) is 0 Å². The van der Waals surface area contributed by atoms with E-state index in [2.05, 4.69) is 22.7 Å². The minimum atomic E-state index is 0.766. The molecule has 56 valence electrons. The fourth-order valence-corrected chi connectivity index (χ4v) is 0.213. The summed E-state index contributed by atoms with van der Waals surface area (Å²) in [5, 5.41) is 2.80. The zero-order valence-corrected chi connectivity index (χ0v) is 6.71. The molecule has 3 N–H and O–H groups in total. The SMILES string of the molecule is C=C(NC)NNC.CC. The van der Waals surface area contributed by atoms with Crippen molar-refractivity contribution in [2.45, 2.75) is 13.8 Å². The Labute approximate surface area is 57.5 Å². The van der Waals surface area contributed by atoms with Gasteiger partial charge in [0.2, 0.25) is 0 Å². The minimum Gasteiger partial charge on any atom is -0.374 e. The lowest BCUT2D eigenvalue weighted by Crippen LogP contribution is -2.31. The van der Waals surface area contributed by atoms with Crippen LogP contribution < -0.4 is 16.2 Å². The summed E-state index contributed by atoms with van der Waals surface area (Å²) in [7, 11) is 3.58. The molecule has 0 radical (unpaired) electrons. The third-order valence-corrected chi connectivity index (χ3v) is 0.578. The summed E-state index contributed by atoms with van der Waals surface area (Å²) in [5.74, 6) is 0.766. The molecule has 0 atom stereocenters. The average molecular weight is 131 g/mol. The van der Waals surface area contributed by atoms with Crippen molar-refractivity contribution in [1.29, 1.82) is 0 Å². The summed E-state index contributed by atoms with van der Waals surface area (Å²) in [4.78, 5) is 0. The van der Waals surface area contributed by atoms with E-state index < -0.39 is 0 Å². The van der Waals surface area contributed by atoms with Gasteiger partial charge >= 0.3 is 0 Å². The average Bonchev–Trinajstić information content (AvgIpc) is 1.93. The number of hydrogen-bond acceptors (Lipinski definition) is 3. The van der Waals surface area contributed by atoms with Gasteiger partial charge in [0.15, 0.2) is 0 Å². The lowest BCUT2D eigenvalue weighted by Gasteiger charge is -2.04. The molecule has 0 saturated heterocycles. The first-order valence-electron chi connectivity index (χ1n) is 3.10. The fraction of sp³-hybridized carbons (Fsp3) is 0.667. The van der Waals surface area contributed by atoms with Crippen LogP contribution in [0.25, 0.3) is 0 Å². The van der Waals surface area contributed by atoms with Crippen LogP contribution in [0.1, 0.15) is 13.8 Å². The highest BCUT2D eigenvalue weighted by atomic mass is 15.4. The van der Waals surface area contributed by atoms with Gasteiger partial charge in [-0.2, -0.15) is 0 Å². The van der Waals surface area contributed by atoms with E-state index in [1.165, 1.54) is 0 Å². The van der Waals surface area contributed by atoms with E-state index in [-0.39, 0.29) is 0 Å². The third-order valence-electron chi connectivity index (χ3n) is 0.578. The Hall–Kier alpha value is -0.700. The van der Waals surface area contributed by atoms with E-state index in [0.29, 0.717) is 0 Å². The van der Waals surface area contributed by atoms with Crippen molar-refractivity contribution in [2.24, 2.45) is 0 Å². The molecule has 0 aromatic rings. The van der Waals surface area contributed by atoms with Crippen molar-refractivity contribution in [3.8, 4) is 0 Å². The molecule has 0 amide bonds. The van der Waals surface area contributed by atoms with Crippen LogP contribution in [-0.2, 0) is 0 Å². The molecule has 0 bridgehead atoms. The van der Waals surface area contributed by atoms with Crippen LogP contribution in [0.15, 0.2) is 12.4 Å². The summed E-state index contributed by atoms with van der Waals surface area (Å²) >= 11 is 0. The number of nitrogens with one attached hydrogen (secondary N) is 3. The second-order valence-corrected chi connectivity index (χ2v) is 1.10. The molecule has 0 aliphatic heterocycles. The first-order valence-corrected chi connectivity index (χ1v) is 3.10. The van der Waals surface area contributed by atoms with Gasteiger partial charge in [0.1, 0.15) is 5.82 Å². The Bertz CT molecular complexity index is 61.3. The van der Waals surface area contributed by atoms with Gasteiger partial charge in [-0.05, 0) is 0 Å². The van der Waals surface area contributed by atoms with E-state index in [0.717, 1.165) is 5.82 Å². The monoisotopic (exact) mass is 131 g/mol. The molecule has 0 spiro atoms. The Balaban J connectivity index is 0. The second-order valence-electron chi connectivity index (χ2n) is 1.10. The van der Waals surface area contributed by atoms with E-state index >= 15 is 0 Å². The van der Waals surface area contributed by atoms with Crippen LogP contribution in [-0.4, -0.2) is 14.1 Å². The van der Waals surface area contributed by atoms with Crippen LogP contribution in [0, 0.1) is 0 Å². The van der Waals surface area contributed by atoms with Gasteiger partial charge in [0.05, 0.1) is 0 Å². The van der Waals surface area contributed by atoms with E-state index in [1.807, 2.05) is 13.8 Å². The summed E-state index contributed by atoms with van der Waals surface area (Å²) in [5.41, 5.74) is 5.45. The smallest absolute Gasteiger partial charge is 0.105 e. The van der Waals surface area contributed by atoms with Crippen molar-refractivity contribution in [3.05, 3.63) is 12.4 Å². The highest BCUT2D eigenvalue weighted by Gasteiger charge is 1.76. The lowest BCUT2D eigenvalue weighted by molar-refractivity contribution is 0.648. The molecule has 0 fully saturated rings. The highest BCUT2D eigenvalue weighted by Crippen LogP contribution is 1.62. The number of hydrogen-bond donors (Lipinski definition) is 3. The van der Waals surface area contributed by atoms with Crippen LogP contribution in [0.2, 0.25) is 0 Å². The summed E-state index contributed by atoms with van der Waals surface area (Å²) in [6, 6.07) is 0. The Morgan fingerprint density at radius 1 is 1.22 bits per heavy atom. The molecule has 0 aliphatic carbocycles.